The molecule has 0 spiro atoms. The van der Waals surface area contributed by atoms with E-state index in [9.17, 15) is 4.79 Å². The molecule has 0 N–H and O–H groups in total. The van der Waals surface area contributed by atoms with Gasteiger partial charge in [0.25, 0.3) is 0 Å². The first-order valence-corrected chi connectivity index (χ1v) is 10.2. The first-order valence-electron chi connectivity index (χ1n) is 10.2. The summed E-state index contributed by atoms with van der Waals surface area (Å²) in [6, 6.07) is 8.98. The second-order valence-electron chi connectivity index (χ2n) is 8.27. The molecule has 0 bridgehead atoms. The third kappa shape index (κ3) is 4.08. The Balaban J connectivity index is 1.28. The minimum Gasteiger partial charge on any atom is -0.340 e. The average Bonchev–Trinajstić information content (AvgIpc) is 3.16. The predicted octanol–water partition coefficient (Wildman–Crippen LogP) is 2.91. The number of benzene rings is 1. The number of nitrogens with zero attached hydrogens (tertiary/aromatic N) is 4. The highest BCUT2D eigenvalue weighted by Gasteiger charge is 2.30. The van der Waals surface area contributed by atoms with Crippen LogP contribution in [0.25, 0.3) is 0 Å². The Labute approximate surface area is 162 Å². The lowest BCUT2D eigenvalue weighted by Gasteiger charge is -2.37. The van der Waals surface area contributed by atoms with Gasteiger partial charge in [0.2, 0.25) is 5.91 Å². The van der Waals surface area contributed by atoms with Gasteiger partial charge in [0.05, 0.1) is 6.33 Å². The predicted molar refractivity (Wildman–Crippen MR) is 106 cm³/mol. The molecule has 4 rings (SSSR count). The van der Waals surface area contributed by atoms with Gasteiger partial charge < -0.3 is 9.47 Å². The standard InChI is InChI=1S/C22H30N4O/c1-17(2)19-5-3-18(4-6-19)15-24-9-11-25(12-10-24)22(27)20-7-8-26-16-23-14-21(26)13-20/h3-6,14,16-17,20H,7-13,15H2,1-2H3/t20-/m1/s1. The first kappa shape index (κ1) is 18.2. The van der Waals surface area contributed by atoms with Crippen molar-refractivity contribution in [3.8, 4) is 0 Å². The number of aromatic nitrogens is 2. The molecule has 0 radical (unpaired) electrons. The van der Waals surface area contributed by atoms with E-state index in [-0.39, 0.29) is 5.92 Å². The fraction of sp³-hybridized carbons (Fsp3) is 0.545. The van der Waals surface area contributed by atoms with Gasteiger partial charge in [0.15, 0.2) is 0 Å². The molecule has 1 aromatic carbocycles. The van der Waals surface area contributed by atoms with Crippen molar-refractivity contribution in [3.05, 3.63) is 53.6 Å². The Morgan fingerprint density at radius 3 is 2.56 bits per heavy atom. The van der Waals surface area contributed by atoms with Gasteiger partial charge in [-0.25, -0.2) is 4.98 Å². The van der Waals surface area contributed by atoms with Crippen LogP contribution in [0.1, 0.15) is 43.0 Å². The van der Waals surface area contributed by atoms with Crippen LogP contribution < -0.4 is 0 Å². The minimum absolute atomic E-state index is 0.129. The summed E-state index contributed by atoms with van der Waals surface area (Å²) in [7, 11) is 0. The van der Waals surface area contributed by atoms with Gasteiger partial charge in [0.1, 0.15) is 0 Å². The van der Waals surface area contributed by atoms with Crippen LogP contribution in [0.3, 0.4) is 0 Å². The lowest BCUT2D eigenvalue weighted by atomic mass is 9.94. The summed E-state index contributed by atoms with van der Waals surface area (Å²) in [5.74, 6) is 1.04. The number of fused-ring (bicyclic) bond motifs is 1. The van der Waals surface area contributed by atoms with Crippen LogP contribution in [0.15, 0.2) is 36.8 Å². The zero-order valence-electron chi connectivity index (χ0n) is 16.5. The molecule has 0 aliphatic carbocycles. The molecule has 2 aliphatic heterocycles. The van der Waals surface area contributed by atoms with Crippen molar-refractivity contribution in [2.45, 2.75) is 45.7 Å². The summed E-state index contributed by atoms with van der Waals surface area (Å²) in [6.45, 7) is 9.96. The third-order valence-corrected chi connectivity index (χ3v) is 6.06. The Hall–Kier alpha value is -2.14. The summed E-state index contributed by atoms with van der Waals surface area (Å²) < 4.78 is 2.17. The van der Waals surface area contributed by atoms with Gasteiger partial charge in [-0.3, -0.25) is 9.69 Å². The van der Waals surface area contributed by atoms with E-state index in [2.05, 4.69) is 57.5 Å². The maximum Gasteiger partial charge on any atom is 0.226 e. The van der Waals surface area contributed by atoms with Gasteiger partial charge >= 0.3 is 0 Å². The fourth-order valence-electron chi connectivity index (χ4n) is 4.23. The van der Waals surface area contributed by atoms with Gasteiger partial charge in [-0.2, -0.15) is 0 Å². The highest BCUT2D eigenvalue weighted by Crippen LogP contribution is 2.23. The van der Waals surface area contributed by atoms with Crippen LogP contribution in [0.2, 0.25) is 0 Å². The van der Waals surface area contributed by atoms with Crippen LogP contribution >= 0.6 is 0 Å². The van der Waals surface area contributed by atoms with E-state index in [1.807, 2.05) is 12.5 Å². The van der Waals surface area contributed by atoms with Crippen molar-refractivity contribution in [2.24, 2.45) is 5.92 Å². The van der Waals surface area contributed by atoms with Crippen molar-refractivity contribution >= 4 is 5.91 Å². The Morgan fingerprint density at radius 2 is 1.85 bits per heavy atom. The zero-order valence-corrected chi connectivity index (χ0v) is 16.5. The van der Waals surface area contributed by atoms with Crippen molar-refractivity contribution in [1.82, 2.24) is 19.4 Å². The third-order valence-electron chi connectivity index (χ3n) is 6.06. The second kappa shape index (κ2) is 7.85. The number of hydrogen-bond acceptors (Lipinski definition) is 3. The van der Waals surface area contributed by atoms with E-state index < -0.39 is 0 Å². The van der Waals surface area contributed by atoms with Gasteiger partial charge in [0, 0.05) is 63.5 Å². The Morgan fingerprint density at radius 1 is 1.11 bits per heavy atom. The van der Waals surface area contributed by atoms with Crippen molar-refractivity contribution < 1.29 is 4.79 Å². The Bertz CT molecular complexity index is 772. The van der Waals surface area contributed by atoms with E-state index in [0.29, 0.717) is 11.8 Å². The monoisotopic (exact) mass is 366 g/mol. The van der Waals surface area contributed by atoms with Crippen LogP contribution in [-0.2, 0) is 24.3 Å². The van der Waals surface area contributed by atoms with Gasteiger partial charge in [-0.1, -0.05) is 38.1 Å². The SMILES string of the molecule is CC(C)c1ccc(CN2CCN(C(=O)[C@@H]3CCn4cncc4C3)CC2)cc1. The molecule has 3 heterocycles. The molecule has 1 saturated heterocycles. The molecule has 0 unspecified atom stereocenters. The Kier molecular flexibility index (Phi) is 5.30. The summed E-state index contributed by atoms with van der Waals surface area (Å²) in [6.07, 6.45) is 5.55. The van der Waals surface area contributed by atoms with Crippen molar-refractivity contribution in [1.29, 1.82) is 0 Å². The van der Waals surface area contributed by atoms with Crippen LogP contribution in [0.4, 0.5) is 0 Å². The van der Waals surface area contributed by atoms with E-state index >= 15 is 0 Å². The van der Waals surface area contributed by atoms with Gasteiger partial charge in [-0.15, -0.1) is 0 Å². The average molecular weight is 367 g/mol. The summed E-state index contributed by atoms with van der Waals surface area (Å²) >= 11 is 0. The van der Waals surface area contributed by atoms with E-state index in [4.69, 9.17) is 0 Å². The number of piperazine rings is 1. The maximum absolute atomic E-state index is 12.9. The first-order chi connectivity index (χ1) is 13.1. The lowest BCUT2D eigenvalue weighted by Crippen LogP contribution is -2.50. The molecule has 5 heteroatoms. The minimum atomic E-state index is 0.129. The molecular formula is C22H30N4O. The normalized spacial score (nSPS) is 20.7. The molecule has 1 aromatic heterocycles. The highest BCUT2D eigenvalue weighted by molar-refractivity contribution is 5.79. The number of aryl methyl sites for hydroxylation is 1. The largest absolute Gasteiger partial charge is 0.340 e. The second-order valence-corrected chi connectivity index (χ2v) is 8.27. The van der Waals surface area contributed by atoms with E-state index in [1.165, 1.54) is 16.8 Å². The molecule has 2 aromatic rings. The van der Waals surface area contributed by atoms with Crippen molar-refractivity contribution in [2.75, 3.05) is 26.2 Å². The van der Waals surface area contributed by atoms with E-state index in [0.717, 1.165) is 52.1 Å². The highest BCUT2D eigenvalue weighted by atomic mass is 16.2. The van der Waals surface area contributed by atoms with Crippen LogP contribution in [-0.4, -0.2) is 51.4 Å². The summed E-state index contributed by atoms with van der Waals surface area (Å²) in [4.78, 5) is 21.7. The molecule has 144 valence electrons. The molecule has 1 amide bonds. The summed E-state index contributed by atoms with van der Waals surface area (Å²) in [5.41, 5.74) is 3.95. The quantitative estimate of drug-likeness (QED) is 0.835. The number of carbonyl (C=O) groups excluding carboxylic acids is 1. The lowest BCUT2D eigenvalue weighted by molar-refractivity contribution is -0.138. The van der Waals surface area contributed by atoms with Crippen LogP contribution in [0.5, 0.6) is 0 Å². The summed E-state index contributed by atoms with van der Waals surface area (Å²) in [5, 5.41) is 0. The molecule has 27 heavy (non-hydrogen) atoms. The topological polar surface area (TPSA) is 41.4 Å². The maximum atomic E-state index is 12.9. The molecular weight excluding hydrogens is 336 g/mol. The smallest absolute Gasteiger partial charge is 0.226 e. The molecule has 1 fully saturated rings. The van der Waals surface area contributed by atoms with E-state index in [1.54, 1.807) is 0 Å². The van der Waals surface area contributed by atoms with Crippen LogP contribution in [0, 0.1) is 5.92 Å². The zero-order chi connectivity index (χ0) is 18.8. The number of hydrogen-bond donors (Lipinski definition) is 0. The molecule has 2 aliphatic rings. The number of amides is 1. The number of imidazole rings is 1. The van der Waals surface area contributed by atoms with Crippen molar-refractivity contribution in [3.63, 3.8) is 0 Å². The number of rotatable bonds is 4. The molecule has 5 nitrogen and oxygen atoms in total. The fourth-order valence-corrected chi connectivity index (χ4v) is 4.23. The molecule has 0 saturated carbocycles. The number of carbonyl (C=O) groups is 1. The van der Waals surface area contributed by atoms with Gasteiger partial charge in [-0.05, 0) is 23.5 Å². The molecule has 1 atom stereocenters.